The number of carbonyl (C=O) groups excluding carboxylic acids is 2. The van der Waals surface area contributed by atoms with Gasteiger partial charge in [0.05, 0.1) is 0 Å². The molecule has 32 heavy (non-hydrogen) atoms. The summed E-state index contributed by atoms with van der Waals surface area (Å²) in [5.41, 5.74) is 1.90. The molecule has 2 aromatic carbocycles. The first-order valence-corrected chi connectivity index (χ1v) is 11.8. The van der Waals surface area contributed by atoms with Gasteiger partial charge in [-0.15, -0.1) is 0 Å². The van der Waals surface area contributed by atoms with Crippen LogP contribution in [-0.2, 0) is 22.6 Å². The van der Waals surface area contributed by atoms with Gasteiger partial charge in [-0.3, -0.25) is 9.59 Å². The van der Waals surface area contributed by atoms with Crippen LogP contribution < -0.4 is 10.1 Å². The van der Waals surface area contributed by atoms with Crippen molar-refractivity contribution in [3.05, 3.63) is 63.6 Å². The van der Waals surface area contributed by atoms with Gasteiger partial charge in [-0.05, 0) is 61.6 Å². The molecule has 2 rings (SSSR count). The minimum Gasteiger partial charge on any atom is -0.484 e. The van der Waals surface area contributed by atoms with Gasteiger partial charge in [-0.2, -0.15) is 0 Å². The minimum atomic E-state index is -0.644. The fourth-order valence-electron chi connectivity index (χ4n) is 3.24. The van der Waals surface area contributed by atoms with Crippen LogP contribution in [0.15, 0.2) is 42.5 Å². The second-order valence-electron chi connectivity index (χ2n) is 7.79. The molecule has 1 N–H and O–H groups in total. The fourth-order valence-corrected chi connectivity index (χ4v) is 3.71. The lowest BCUT2D eigenvalue weighted by Gasteiger charge is -2.31. The lowest BCUT2D eigenvalue weighted by molar-refractivity contribution is -0.143. The van der Waals surface area contributed by atoms with E-state index in [-0.39, 0.29) is 31.0 Å². The van der Waals surface area contributed by atoms with Crippen molar-refractivity contribution in [2.75, 3.05) is 6.61 Å². The highest BCUT2D eigenvalue weighted by molar-refractivity contribution is 6.35. The largest absolute Gasteiger partial charge is 0.484 e. The SMILES string of the molecule is CCc1ccc(OCC(=O)N(Cc2ccc(Cl)cc2Cl)[C@@H](CC)C(=O)N[C@@H](C)CC)cc1. The zero-order chi connectivity index (χ0) is 23.7. The van der Waals surface area contributed by atoms with Crippen LogP contribution >= 0.6 is 23.2 Å². The van der Waals surface area contributed by atoms with Crippen LogP contribution in [0.1, 0.15) is 51.7 Å². The summed E-state index contributed by atoms with van der Waals surface area (Å²) in [6.45, 7) is 7.91. The van der Waals surface area contributed by atoms with E-state index in [4.69, 9.17) is 27.9 Å². The molecule has 2 atom stereocenters. The maximum absolute atomic E-state index is 13.2. The first-order chi connectivity index (χ1) is 15.3. The van der Waals surface area contributed by atoms with E-state index in [1.165, 1.54) is 10.5 Å². The van der Waals surface area contributed by atoms with E-state index in [0.717, 1.165) is 12.8 Å². The molecule has 0 saturated carbocycles. The molecular formula is C25H32Cl2N2O3. The molecule has 5 nitrogen and oxygen atoms in total. The molecule has 2 amide bonds. The maximum atomic E-state index is 13.2. The van der Waals surface area contributed by atoms with Crippen LogP contribution in [0.25, 0.3) is 0 Å². The zero-order valence-corrected chi connectivity index (χ0v) is 20.7. The standard InChI is InChI=1S/C25H32Cl2N2O3/c1-5-17(4)28-25(31)23(7-3)29(15-19-10-11-20(26)14-22(19)27)24(30)16-32-21-12-8-18(6-2)9-13-21/h8-14,17,23H,5-7,15-16H2,1-4H3,(H,28,31)/t17-,23-/m0/s1. The first-order valence-electron chi connectivity index (χ1n) is 11.0. The Morgan fingerprint density at radius 2 is 1.72 bits per heavy atom. The van der Waals surface area contributed by atoms with E-state index in [0.29, 0.717) is 27.8 Å². The molecule has 174 valence electrons. The summed E-state index contributed by atoms with van der Waals surface area (Å²) in [7, 11) is 0. The van der Waals surface area contributed by atoms with E-state index < -0.39 is 6.04 Å². The molecule has 0 fully saturated rings. The van der Waals surface area contributed by atoms with E-state index in [9.17, 15) is 9.59 Å². The third-order valence-electron chi connectivity index (χ3n) is 5.44. The number of nitrogens with zero attached hydrogens (tertiary/aromatic N) is 1. The number of nitrogens with one attached hydrogen (secondary N) is 1. The predicted molar refractivity (Wildman–Crippen MR) is 130 cm³/mol. The van der Waals surface area contributed by atoms with Crippen LogP contribution in [0.5, 0.6) is 5.75 Å². The summed E-state index contributed by atoms with van der Waals surface area (Å²) in [5.74, 6) is 0.131. The highest BCUT2D eigenvalue weighted by Gasteiger charge is 2.30. The Balaban J connectivity index is 2.23. The molecule has 2 aromatic rings. The molecule has 0 bridgehead atoms. The number of benzene rings is 2. The number of hydrogen-bond acceptors (Lipinski definition) is 3. The van der Waals surface area contributed by atoms with Crippen molar-refractivity contribution >= 4 is 35.0 Å². The van der Waals surface area contributed by atoms with Gasteiger partial charge in [-0.25, -0.2) is 0 Å². The minimum absolute atomic E-state index is 0.0148. The van der Waals surface area contributed by atoms with Gasteiger partial charge in [0.15, 0.2) is 6.61 Å². The number of ether oxygens (including phenoxy) is 1. The molecular weight excluding hydrogens is 447 g/mol. The molecule has 0 aliphatic rings. The number of rotatable bonds is 11. The van der Waals surface area contributed by atoms with E-state index in [1.54, 1.807) is 18.2 Å². The molecule has 0 aromatic heterocycles. The van der Waals surface area contributed by atoms with Crippen molar-refractivity contribution in [2.24, 2.45) is 0 Å². The highest BCUT2D eigenvalue weighted by Crippen LogP contribution is 2.24. The zero-order valence-electron chi connectivity index (χ0n) is 19.2. The third-order valence-corrected chi connectivity index (χ3v) is 6.02. The van der Waals surface area contributed by atoms with Gasteiger partial charge in [-0.1, -0.05) is 62.2 Å². The Hall–Kier alpha value is -2.24. The van der Waals surface area contributed by atoms with E-state index >= 15 is 0 Å². The Morgan fingerprint density at radius 3 is 2.28 bits per heavy atom. The predicted octanol–water partition coefficient (Wildman–Crippen LogP) is 5.66. The van der Waals surface area contributed by atoms with Crippen LogP contribution in [-0.4, -0.2) is 35.4 Å². The van der Waals surface area contributed by atoms with Crippen LogP contribution in [0.3, 0.4) is 0 Å². The van der Waals surface area contributed by atoms with Crippen molar-refractivity contribution in [1.29, 1.82) is 0 Å². The lowest BCUT2D eigenvalue weighted by atomic mass is 10.1. The number of aryl methyl sites for hydroxylation is 1. The van der Waals surface area contributed by atoms with Crippen molar-refractivity contribution in [2.45, 2.75) is 65.6 Å². The first kappa shape index (κ1) is 26.0. The van der Waals surface area contributed by atoms with Crippen molar-refractivity contribution < 1.29 is 14.3 Å². The van der Waals surface area contributed by atoms with Crippen LogP contribution in [0.2, 0.25) is 10.0 Å². The number of amides is 2. The van der Waals surface area contributed by atoms with Crippen LogP contribution in [0, 0.1) is 0 Å². The van der Waals surface area contributed by atoms with Gasteiger partial charge in [0.1, 0.15) is 11.8 Å². The van der Waals surface area contributed by atoms with Gasteiger partial charge in [0.2, 0.25) is 5.91 Å². The Bertz CT molecular complexity index is 903. The third kappa shape index (κ3) is 7.42. The molecule has 0 heterocycles. The number of halogens is 2. The number of carbonyl (C=O) groups is 2. The molecule has 0 saturated heterocycles. The summed E-state index contributed by atoms with van der Waals surface area (Å²) in [4.78, 5) is 27.7. The average molecular weight is 479 g/mol. The molecule has 0 spiro atoms. The Kier molecular flexibility index (Phi) is 10.3. The summed E-state index contributed by atoms with van der Waals surface area (Å²) < 4.78 is 5.73. The van der Waals surface area contributed by atoms with E-state index in [2.05, 4.69) is 12.2 Å². The molecule has 0 unspecified atom stereocenters. The average Bonchev–Trinajstić information content (AvgIpc) is 2.78. The summed E-state index contributed by atoms with van der Waals surface area (Å²) >= 11 is 12.4. The quantitative estimate of drug-likeness (QED) is 0.453. The number of hydrogen-bond donors (Lipinski definition) is 1. The normalized spacial score (nSPS) is 12.7. The van der Waals surface area contributed by atoms with Crippen molar-refractivity contribution in [1.82, 2.24) is 10.2 Å². The molecule has 0 radical (unpaired) electrons. The van der Waals surface area contributed by atoms with Gasteiger partial charge < -0.3 is 15.0 Å². The van der Waals surface area contributed by atoms with Gasteiger partial charge in [0.25, 0.3) is 5.91 Å². The summed E-state index contributed by atoms with van der Waals surface area (Å²) in [6, 6.07) is 12.1. The second-order valence-corrected chi connectivity index (χ2v) is 8.63. The monoisotopic (exact) mass is 478 g/mol. The van der Waals surface area contributed by atoms with Crippen molar-refractivity contribution in [3.63, 3.8) is 0 Å². The van der Waals surface area contributed by atoms with Gasteiger partial charge >= 0.3 is 0 Å². The highest BCUT2D eigenvalue weighted by atomic mass is 35.5. The lowest BCUT2D eigenvalue weighted by Crippen LogP contribution is -2.51. The molecule has 0 aliphatic carbocycles. The fraction of sp³-hybridized carbons (Fsp3) is 0.440. The van der Waals surface area contributed by atoms with Gasteiger partial charge in [0, 0.05) is 22.6 Å². The smallest absolute Gasteiger partial charge is 0.261 e. The second kappa shape index (κ2) is 12.7. The van der Waals surface area contributed by atoms with Crippen molar-refractivity contribution in [3.8, 4) is 5.75 Å². The maximum Gasteiger partial charge on any atom is 0.261 e. The molecule has 7 heteroatoms. The summed E-state index contributed by atoms with van der Waals surface area (Å²) in [6.07, 6.45) is 2.19. The Morgan fingerprint density at radius 1 is 1.03 bits per heavy atom. The summed E-state index contributed by atoms with van der Waals surface area (Å²) in [5, 5.41) is 3.94. The Labute approximate surface area is 201 Å². The molecule has 0 aliphatic heterocycles. The van der Waals surface area contributed by atoms with E-state index in [1.807, 2.05) is 45.0 Å². The topological polar surface area (TPSA) is 58.6 Å². The van der Waals surface area contributed by atoms with Crippen LogP contribution in [0.4, 0.5) is 0 Å².